The molecule has 0 heterocycles. The average Bonchev–Trinajstić information content (AvgIpc) is 2.39. The lowest BCUT2D eigenvalue weighted by molar-refractivity contribution is -0.121. The van der Waals surface area contributed by atoms with Crippen LogP contribution in [0.2, 0.25) is 0 Å². The molecule has 0 saturated heterocycles. The molecule has 3 nitrogen and oxygen atoms in total. The third kappa shape index (κ3) is 2.35. The van der Waals surface area contributed by atoms with Crippen molar-refractivity contribution in [2.45, 2.75) is 38.5 Å². The van der Waals surface area contributed by atoms with Gasteiger partial charge in [-0.15, -0.1) is 0 Å². The average molecular weight is 247 g/mol. The summed E-state index contributed by atoms with van der Waals surface area (Å²) >= 11 is 0. The van der Waals surface area contributed by atoms with E-state index in [9.17, 15) is 4.79 Å². The number of carbonyl (C=O) groups is 1. The van der Waals surface area contributed by atoms with Crippen LogP contribution < -0.4 is 10.1 Å². The summed E-state index contributed by atoms with van der Waals surface area (Å²) in [6.07, 6.45) is 3.87. The van der Waals surface area contributed by atoms with Crippen LogP contribution in [0.25, 0.3) is 0 Å². The summed E-state index contributed by atoms with van der Waals surface area (Å²) in [6.45, 7) is 2.13. The first-order valence-electron chi connectivity index (χ1n) is 6.54. The summed E-state index contributed by atoms with van der Waals surface area (Å²) in [5.41, 5.74) is 3.92. The molecule has 0 aliphatic heterocycles. The molecule has 0 radical (unpaired) electrons. The lowest BCUT2D eigenvalue weighted by Gasteiger charge is -2.28. The molecular weight excluding hydrogens is 226 g/mol. The van der Waals surface area contributed by atoms with Crippen molar-refractivity contribution < 1.29 is 9.53 Å². The number of methoxy groups -OCH3 is 1. The second kappa shape index (κ2) is 5.42. The van der Waals surface area contributed by atoms with Crippen LogP contribution in [0, 0.1) is 6.92 Å². The van der Waals surface area contributed by atoms with Crippen LogP contribution >= 0.6 is 0 Å². The lowest BCUT2D eigenvalue weighted by Crippen LogP contribution is -2.23. The molecule has 1 aromatic carbocycles. The minimum atomic E-state index is 0.120. The Bertz CT molecular complexity index is 454. The molecule has 0 fully saturated rings. The molecule has 2 rings (SSSR count). The molecule has 1 amide bonds. The van der Waals surface area contributed by atoms with Crippen LogP contribution in [-0.4, -0.2) is 20.1 Å². The van der Waals surface area contributed by atoms with Gasteiger partial charge in [0.15, 0.2) is 0 Å². The van der Waals surface area contributed by atoms with Crippen LogP contribution in [0.4, 0.5) is 0 Å². The van der Waals surface area contributed by atoms with Gasteiger partial charge in [-0.3, -0.25) is 4.79 Å². The fourth-order valence-electron chi connectivity index (χ4n) is 2.98. The number of ether oxygens (including phenoxy) is 1. The van der Waals surface area contributed by atoms with Crippen molar-refractivity contribution in [2.75, 3.05) is 14.2 Å². The zero-order valence-corrected chi connectivity index (χ0v) is 11.4. The normalized spacial score (nSPS) is 18.1. The Morgan fingerprint density at radius 3 is 2.94 bits per heavy atom. The highest BCUT2D eigenvalue weighted by Gasteiger charge is 2.26. The Hall–Kier alpha value is -1.51. The van der Waals surface area contributed by atoms with Gasteiger partial charge in [0.05, 0.1) is 7.11 Å². The molecule has 1 N–H and O–H groups in total. The van der Waals surface area contributed by atoms with Crippen LogP contribution in [0.5, 0.6) is 5.75 Å². The third-order valence-corrected chi connectivity index (χ3v) is 3.85. The fourth-order valence-corrected chi connectivity index (χ4v) is 2.98. The number of benzene rings is 1. The maximum absolute atomic E-state index is 11.6. The number of carbonyl (C=O) groups excluding carboxylic acids is 1. The Kier molecular flexibility index (Phi) is 3.90. The molecule has 98 valence electrons. The highest BCUT2D eigenvalue weighted by atomic mass is 16.5. The monoisotopic (exact) mass is 247 g/mol. The van der Waals surface area contributed by atoms with Crippen molar-refractivity contribution in [3.63, 3.8) is 0 Å². The van der Waals surface area contributed by atoms with Gasteiger partial charge in [0.1, 0.15) is 5.75 Å². The van der Waals surface area contributed by atoms with Gasteiger partial charge in [-0.1, -0.05) is 6.07 Å². The smallest absolute Gasteiger partial charge is 0.220 e. The number of fused-ring (bicyclic) bond motifs is 1. The molecule has 1 atom stereocenters. The van der Waals surface area contributed by atoms with Crippen LogP contribution in [0.3, 0.4) is 0 Å². The molecule has 0 bridgehead atoms. The Balaban J connectivity index is 2.38. The second-order valence-electron chi connectivity index (χ2n) is 4.94. The van der Waals surface area contributed by atoms with Gasteiger partial charge in [-0.05, 0) is 54.9 Å². The lowest BCUT2D eigenvalue weighted by atomic mass is 9.78. The first-order valence-corrected chi connectivity index (χ1v) is 6.54. The Morgan fingerprint density at radius 1 is 1.50 bits per heavy atom. The van der Waals surface area contributed by atoms with Gasteiger partial charge in [0.25, 0.3) is 0 Å². The quantitative estimate of drug-likeness (QED) is 0.891. The summed E-state index contributed by atoms with van der Waals surface area (Å²) in [7, 11) is 3.41. The maximum atomic E-state index is 11.6. The molecule has 0 spiro atoms. The van der Waals surface area contributed by atoms with E-state index in [1.165, 1.54) is 16.7 Å². The molecule has 1 unspecified atom stereocenters. The van der Waals surface area contributed by atoms with E-state index >= 15 is 0 Å². The number of amides is 1. The Morgan fingerprint density at radius 2 is 2.28 bits per heavy atom. The van der Waals surface area contributed by atoms with E-state index in [-0.39, 0.29) is 5.91 Å². The van der Waals surface area contributed by atoms with Crippen molar-refractivity contribution in [2.24, 2.45) is 0 Å². The standard InChI is InChI=1S/C15H21NO2/c1-10-7-8-13(18-3)12-6-4-5-11(15(10)12)9-14(17)16-2/h7-8,11H,4-6,9H2,1-3H3,(H,16,17). The van der Waals surface area contributed by atoms with Gasteiger partial charge in [-0.25, -0.2) is 0 Å². The molecule has 3 heteroatoms. The third-order valence-electron chi connectivity index (χ3n) is 3.85. The topological polar surface area (TPSA) is 38.3 Å². The van der Waals surface area contributed by atoms with Crippen molar-refractivity contribution in [3.8, 4) is 5.75 Å². The molecule has 0 aromatic heterocycles. The van der Waals surface area contributed by atoms with E-state index in [0.29, 0.717) is 12.3 Å². The summed E-state index contributed by atoms with van der Waals surface area (Å²) in [6, 6.07) is 4.14. The largest absolute Gasteiger partial charge is 0.496 e. The van der Waals surface area contributed by atoms with E-state index in [1.807, 2.05) is 6.07 Å². The fraction of sp³-hybridized carbons (Fsp3) is 0.533. The van der Waals surface area contributed by atoms with Gasteiger partial charge >= 0.3 is 0 Å². The first kappa shape index (κ1) is 12.9. The predicted molar refractivity (Wildman–Crippen MR) is 72.1 cm³/mol. The predicted octanol–water partition coefficient (Wildman–Crippen LogP) is 2.56. The van der Waals surface area contributed by atoms with Gasteiger partial charge in [-0.2, -0.15) is 0 Å². The van der Waals surface area contributed by atoms with Crippen LogP contribution in [-0.2, 0) is 11.2 Å². The number of hydrogen-bond donors (Lipinski definition) is 1. The van der Waals surface area contributed by atoms with Crippen molar-refractivity contribution in [1.29, 1.82) is 0 Å². The zero-order chi connectivity index (χ0) is 13.1. The van der Waals surface area contributed by atoms with Crippen LogP contribution in [0.1, 0.15) is 41.9 Å². The summed E-state index contributed by atoms with van der Waals surface area (Å²) < 4.78 is 5.45. The second-order valence-corrected chi connectivity index (χ2v) is 4.94. The SMILES string of the molecule is CNC(=O)CC1CCCc2c(OC)ccc(C)c21. The minimum Gasteiger partial charge on any atom is -0.496 e. The molecule has 0 saturated carbocycles. The summed E-state index contributed by atoms with van der Waals surface area (Å²) in [5, 5.41) is 2.72. The minimum absolute atomic E-state index is 0.120. The van der Waals surface area contributed by atoms with Gasteiger partial charge in [0, 0.05) is 13.5 Å². The number of hydrogen-bond acceptors (Lipinski definition) is 2. The molecule has 1 aromatic rings. The van der Waals surface area contributed by atoms with Gasteiger partial charge < -0.3 is 10.1 Å². The summed E-state index contributed by atoms with van der Waals surface area (Å²) in [5.74, 6) is 1.43. The van der Waals surface area contributed by atoms with E-state index < -0.39 is 0 Å². The number of aryl methyl sites for hydroxylation is 1. The van der Waals surface area contributed by atoms with E-state index in [0.717, 1.165) is 25.0 Å². The van der Waals surface area contributed by atoms with Crippen LogP contribution in [0.15, 0.2) is 12.1 Å². The molecule has 18 heavy (non-hydrogen) atoms. The van der Waals surface area contributed by atoms with E-state index in [4.69, 9.17) is 4.74 Å². The zero-order valence-electron chi connectivity index (χ0n) is 11.4. The van der Waals surface area contributed by atoms with E-state index in [2.05, 4.69) is 18.3 Å². The Labute approximate surface area is 109 Å². The van der Waals surface area contributed by atoms with Crippen molar-refractivity contribution >= 4 is 5.91 Å². The summed E-state index contributed by atoms with van der Waals surface area (Å²) in [4.78, 5) is 11.6. The molecule has 1 aliphatic carbocycles. The van der Waals surface area contributed by atoms with Gasteiger partial charge in [0.2, 0.25) is 5.91 Å². The maximum Gasteiger partial charge on any atom is 0.220 e. The number of rotatable bonds is 3. The molecular formula is C15H21NO2. The molecule has 1 aliphatic rings. The first-order chi connectivity index (χ1) is 8.67. The highest BCUT2D eigenvalue weighted by molar-refractivity contribution is 5.76. The van der Waals surface area contributed by atoms with E-state index in [1.54, 1.807) is 14.2 Å². The van der Waals surface area contributed by atoms with Crippen molar-refractivity contribution in [3.05, 3.63) is 28.8 Å². The van der Waals surface area contributed by atoms with Crippen molar-refractivity contribution in [1.82, 2.24) is 5.32 Å². The highest BCUT2D eigenvalue weighted by Crippen LogP contribution is 2.40. The number of nitrogens with one attached hydrogen (secondary N) is 1.